The van der Waals surface area contributed by atoms with Gasteiger partial charge in [0, 0.05) is 18.6 Å². The third-order valence-electron chi connectivity index (χ3n) is 5.99. The smallest absolute Gasteiger partial charge is 0.338 e. The van der Waals surface area contributed by atoms with Crippen LogP contribution in [0.3, 0.4) is 0 Å². The van der Waals surface area contributed by atoms with E-state index in [2.05, 4.69) is 18.9 Å². The third kappa shape index (κ3) is 9.10. The number of nitro benzene ring substituents is 1. The second-order valence-electron chi connectivity index (χ2n) is 10.2. The molecule has 0 saturated carbocycles. The topological polar surface area (TPSA) is 105 Å². The molecule has 1 unspecified atom stereocenters. The van der Waals surface area contributed by atoms with Crippen LogP contribution < -0.4 is 0 Å². The lowest BCUT2D eigenvalue weighted by Crippen LogP contribution is -2.23. The van der Waals surface area contributed by atoms with Gasteiger partial charge in [0.05, 0.1) is 34.7 Å². The molecule has 1 aromatic rings. The lowest BCUT2D eigenvalue weighted by molar-refractivity contribution is -0.384. The third-order valence-corrected chi connectivity index (χ3v) is 5.99. The van der Waals surface area contributed by atoms with E-state index in [1.54, 1.807) is 0 Å². The van der Waals surface area contributed by atoms with Gasteiger partial charge in [0.2, 0.25) is 0 Å². The van der Waals surface area contributed by atoms with E-state index in [9.17, 15) is 19.7 Å². The van der Waals surface area contributed by atoms with Crippen molar-refractivity contribution in [3.8, 4) is 0 Å². The molecule has 1 heterocycles. The van der Waals surface area contributed by atoms with Crippen molar-refractivity contribution < 1.29 is 28.7 Å². The average molecular weight is 500 g/mol. The monoisotopic (exact) mass is 499 g/mol. The number of ether oxygens (including phenoxy) is 3. The van der Waals surface area contributed by atoms with Crippen LogP contribution >= 0.6 is 0 Å². The maximum atomic E-state index is 12.7. The van der Waals surface area contributed by atoms with E-state index in [0.29, 0.717) is 32.3 Å². The summed E-state index contributed by atoms with van der Waals surface area (Å²) in [5.41, 5.74) is 4.35. The Bertz CT molecular complexity index is 1000. The van der Waals surface area contributed by atoms with Crippen LogP contribution in [0.25, 0.3) is 0 Å². The second kappa shape index (κ2) is 13.2. The second-order valence-corrected chi connectivity index (χ2v) is 10.2. The maximum absolute atomic E-state index is 12.7. The molecule has 0 aromatic heterocycles. The highest BCUT2D eigenvalue weighted by molar-refractivity contribution is 5.89. The fourth-order valence-electron chi connectivity index (χ4n) is 3.83. The Kier molecular flexibility index (Phi) is 10.6. The molecule has 2 rings (SSSR count). The zero-order valence-electron chi connectivity index (χ0n) is 21.7. The van der Waals surface area contributed by atoms with Crippen molar-refractivity contribution in [1.29, 1.82) is 0 Å². The van der Waals surface area contributed by atoms with E-state index < -0.39 is 22.4 Å². The number of nitro groups is 1. The molecule has 0 radical (unpaired) electrons. The molecule has 1 aliphatic heterocycles. The molecule has 0 spiro atoms. The first-order valence-corrected chi connectivity index (χ1v) is 12.2. The molecule has 3 atom stereocenters. The Morgan fingerprint density at radius 3 is 2.50 bits per heavy atom. The van der Waals surface area contributed by atoms with Crippen molar-refractivity contribution in [2.75, 3.05) is 6.61 Å². The largest absolute Gasteiger partial charge is 0.465 e. The van der Waals surface area contributed by atoms with Crippen molar-refractivity contribution in [2.24, 2.45) is 5.41 Å². The number of rotatable bonds is 12. The summed E-state index contributed by atoms with van der Waals surface area (Å²) in [6.45, 7) is 15.5. The van der Waals surface area contributed by atoms with Crippen LogP contribution in [0.4, 0.5) is 5.69 Å². The molecule has 0 bridgehead atoms. The molecule has 8 heteroatoms. The Morgan fingerprint density at radius 1 is 1.25 bits per heavy atom. The van der Waals surface area contributed by atoms with Crippen LogP contribution in [-0.4, -0.2) is 41.8 Å². The highest BCUT2D eigenvalue weighted by atomic mass is 16.6. The molecule has 1 fully saturated rings. The number of esters is 2. The van der Waals surface area contributed by atoms with Gasteiger partial charge < -0.3 is 14.2 Å². The van der Waals surface area contributed by atoms with Crippen molar-refractivity contribution in [2.45, 2.75) is 84.5 Å². The van der Waals surface area contributed by atoms with Crippen molar-refractivity contribution in [3.63, 3.8) is 0 Å². The van der Waals surface area contributed by atoms with Gasteiger partial charge >= 0.3 is 11.9 Å². The Balaban J connectivity index is 1.88. The van der Waals surface area contributed by atoms with E-state index >= 15 is 0 Å². The lowest BCUT2D eigenvalue weighted by Gasteiger charge is -2.21. The first-order valence-electron chi connectivity index (χ1n) is 12.2. The quantitative estimate of drug-likeness (QED) is 0.0854. The molecule has 1 aromatic carbocycles. The molecular formula is C28H37NO7. The zero-order valence-corrected chi connectivity index (χ0v) is 21.7. The molecule has 196 valence electrons. The SMILES string of the molecule is C=C=C(C)CC(CC[C@@H]1O[C@@H](CCCOC(=O)C(C)(C)C)CC1=C)OC(=O)c1ccc([N+](=O)[O-])cc1. The summed E-state index contributed by atoms with van der Waals surface area (Å²) >= 11 is 0. The summed E-state index contributed by atoms with van der Waals surface area (Å²) in [5.74, 6) is -0.754. The summed E-state index contributed by atoms with van der Waals surface area (Å²) in [6.07, 6.45) is 3.35. The molecule has 0 amide bonds. The van der Waals surface area contributed by atoms with Gasteiger partial charge in [-0.2, -0.15) is 0 Å². The van der Waals surface area contributed by atoms with Gasteiger partial charge in [-0.3, -0.25) is 14.9 Å². The van der Waals surface area contributed by atoms with Crippen molar-refractivity contribution in [1.82, 2.24) is 0 Å². The van der Waals surface area contributed by atoms with Crippen LogP contribution in [0.2, 0.25) is 0 Å². The summed E-state index contributed by atoms with van der Waals surface area (Å²) in [5, 5.41) is 10.8. The summed E-state index contributed by atoms with van der Waals surface area (Å²) in [7, 11) is 0. The lowest BCUT2D eigenvalue weighted by atomic mass is 9.97. The minimum atomic E-state index is -0.541. The van der Waals surface area contributed by atoms with Gasteiger partial charge in [0.15, 0.2) is 0 Å². The Labute approximate surface area is 213 Å². The molecule has 0 N–H and O–H groups in total. The molecule has 1 aliphatic rings. The van der Waals surface area contributed by atoms with Gasteiger partial charge in [-0.15, -0.1) is 5.73 Å². The number of carbonyl (C=O) groups is 2. The maximum Gasteiger partial charge on any atom is 0.338 e. The minimum Gasteiger partial charge on any atom is -0.465 e. The van der Waals surface area contributed by atoms with E-state index in [1.165, 1.54) is 24.3 Å². The number of non-ortho nitro benzene ring substituents is 1. The van der Waals surface area contributed by atoms with E-state index in [-0.39, 0.29) is 29.4 Å². The number of hydrogen-bond acceptors (Lipinski definition) is 7. The average Bonchev–Trinajstić information content (AvgIpc) is 3.18. The highest BCUT2D eigenvalue weighted by Crippen LogP contribution is 2.31. The predicted molar refractivity (Wildman–Crippen MR) is 137 cm³/mol. The van der Waals surface area contributed by atoms with Crippen LogP contribution in [0.15, 0.2) is 54.3 Å². The van der Waals surface area contributed by atoms with Gasteiger partial charge in [0.1, 0.15) is 6.10 Å². The van der Waals surface area contributed by atoms with E-state index in [0.717, 1.165) is 24.0 Å². The molecule has 8 nitrogen and oxygen atoms in total. The van der Waals surface area contributed by atoms with Gasteiger partial charge in [0.25, 0.3) is 5.69 Å². The van der Waals surface area contributed by atoms with Gasteiger partial charge in [-0.05, 0) is 83.1 Å². The molecule has 1 saturated heterocycles. The van der Waals surface area contributed by atoms with Crippen LogP contribution in [0, 0.1) is 15.5 Å². The van der Waals surface area contributed by atoms with E-state index in [4.69, 9.17) is 14.2 Å². The Morgan fingerprint density at radius 2 is 1.92 bits per heavy atom. The molecule has 0 aliphatic carbocycles. The van der Waals surface area contributed by atoms with Crippen LogP contribution in [0.5, 0.6) is 0 Å². The minimum absolute atomic E-state index is 0.0201. The van der Waals surface area contributed by atoms with Gasteiger partial charge in [-0.25, -0.2) is 4.79 Å². The normalized spacial score (nSPS) is 18.3. The van der Waals surface area contributed by atoms with Crippen LogP contribution in [0.1, 0.15) is 76.6 Å². The van der Waals surface area contributed by atoms with E-state index in [1.807, 2.05) is 27.7 Å². The van der Waals surface area contributed by atoms with Crippen LogP contribution in [-0.2, 0) is 19.0 Å². The van der Waals surface area contributed by atoms with Crippen molar-refractivity contribution >= 4 is 17.6 Å². The standard InChI is InChI=1S/C28H37NO7/c1-7-19(2)17-24(36-26(30)21-10-12-22(13-11-21)29(32)33)14-15-25-20(3)18-23(35-25)9-8-16-34-27(31)28(4,5)6/h10-13,23-25H,1,3,8-9,14-18H2,2,4-6H3/t23-,24?,25-/m0/s1. The first-order chi connectivity index (χ1) is 16.9. The summed E-state index contributed by atoms with van der Waals surface area (Å²) in [4.78, 5) is 34.9. The summed E-state index contributed by atoms with van der Waals surface area (Å²) in [6, 6.07) is 5.33. The van der Waals surface area contributed by atoms with Gasteiger partial charge in [-0.1, -0.05) is 13.2 Å². The number of benzene rings is 1. The van der Waals surface area contributed by atoms with Crippen molar-refractivity contribution in [3.05, 3.63) is 70.0 Å². The Hall–Kier alpha value is -3.22. The predicted octanol–water partition coefficient (Wildman–Crippen LogP) is 6.10. The number of hydrogen-bond donors (Lipinski definition) is 0. The fraction of sp³-hybridized carbons (Fsp3) is 0.536. The first kappa shape index (κ1) is 29.0. The number of carbonyl (C=O) groups excluding carboxylic acids is 2. The molecule has 36 heavy (non-hydrogen) atoms. The fourth-order valence-corrected chi connectivity index (χ4v) is 3.83. The zero-order chi connectivity index (χ0) is 26.9. The molecular weight excluding hydrogens is 462 g/mol. The summed E-state index contributed by atoms with van der Waals surface area (Å²) < 4.78 is 17.2. The highest BCUT2D eigenvalue weighted by Gasteiger charge is 2.30. The number of nitrogens with zero attached hydrogens (tertiary/aromatic N) is 1.